The minimum absolute atomic E-state index is 0.0624. The zero-order valence-corrected chi connectivity index (χ0v) is 21.6. The summed E-state index contributed by atoms with van der Waals surface area (Å²) in [6, 6.07) is 11.4. The maximum Gasteiger partial charge on any atom is 0.293 e. The first-order valence-corrected chi connectivity index (χ1v) is 13.1. The third kappa shape index (κ3) is 5.40. The Morgan fingerprint density at radius 3 is 2.78 bits per heavy atom. The van der Waals surface area contributed by atoms with Gasteiger partial charge in [0.25, 0.3) is 11.1 Å². The molecule has 0 saturated carbocycles. The first-order chi connectivity index (χ1) is 17.4. The Morgan fingerprint density at radius 2 is 2.03 bits per heavy atom. The molecule has 2 aliphatic heterocycles. The Bertz CT molecular complexity index is 1370. The lowest BCUT2D eigenvalue weighted by Crippen LogP contribution is -2.34. The maximum atomic E-state index is 13.2. The molecule has 7 nitrogen and oxygen atoms in total. The first kappa shape index (κ1) is 24.7. The van der Waals surface area contributed by atoms with Crippen molar-refractivity contribution in [1.82, 2.24) is 14.8 Å². The predicted molar refractivity (Wildman–Crippen MR) is 140 cm³/mol. The van der Waals surface area contributed by atoms with Crippen LogP contribution in [0.1, 0.15) is 24.0 Å². The van der Waals surface area contributed by atoms with E-state index in [0.29, 0.717) is 17.0 Å². The molecule has 0 spiro atoms. The number of carbonyl (C=O) groups is 3. The molecule has 3 amide bonds. The molecule has 10 heteroatoms. The van der Waals surface area contributed by atoms with Gasteiger partial charge in [0, 0.05) is 40.3 Å². The SMILES string of the molecule is O=C(Cn1cc(/C=C2\SC(=O)N(Cc3ccc(F)cc3)C2=O)c2cc(Br)ccc21)NC[C@H]1CCCO1. The summed E-state index contributed by atoms with van der Waals surface area (Å²) in [4.78, 5) is 39.7. The molecule has 186 valence electrons. The number of hydrogen-bond donors (Lipinski definition) is 1. The smallest absolute Gasteiger partial charge is 0.293 e. The summed E-state index contributed by atoms with van der Waals surface area (Å²) in [5.74, 6) is -0.910. The molecule has 3 heterocycles. The lowest BCUT2D eigenvalue weighted by molar-refractivity contribution is -0.123. The summed E-state index contributed by atoms with van der Waals surface area (Å²) < 4.78 is 21.5. The number of fused-ring (bicyclic) bond motifs is 1. The number of thioether (sulfide) groups is 1. The second-order valence-electron chi connectivity index (χ2n) is 8.71. The third-order valence-electron chi connectivity index (χ3n) is 6.15. The summed E-state index contributed by atoms with van der Waals surface area (Å²) in [6.45, 7) is 1.40. The van der Waals surface area contributed by atoms with Crippen molar-refractivity contribution in [3.63, 3.8) is 0 Å². The van der Waals surface area contributed by atoms with Gasteiger partial charge in [0.1, 0.15) is 12.4 Å². The molecule has 36 heavy (non-hydrogen) atoms. The predicted octanol–water partition coefficient (Wildman–Crippen LogP) is 5.07. The monoisotopic (exact) mass is 571 g/mol. The van der Waals surface area contributed by atoms with Gasteiger partial charge in [-0.1, -0.05) is 28.1 Å². The van der Waals surface area contributed by atoms with Gasteiger partial charge in [-0.15, -0.1) is 0 Å². The Balaban J connectivity index is 1.37. The van der Waals surface area contributed by atoms with Crippen molar-refractivity contribution in [2.75, 3.05) is 13.2 Å². The molecular formula is C26H23BrFN3O4S. The lowest BCUT2D eigenvalue weighted by atomic mass is 10.1. The number of aromatic nitrogens is 1. The van der Waals surface area contributed by atoms with Crippen LogP contribution in [0, 0.1) is 5.82 Å². The molecule has 2 fully saturated rings. The standard InChI is InChI=1S/C26H23BrFN3O4S/c27-18-5-8-22-21(11-18)17(14-30(22)15-24(32)29-12-20-2-1-9-35-20)10-23-25(33)31(26(34)36-23)13-16-3-6-19(28)7-4-16/h3-8,10-11,14,20H,1-2,9,12-13,15H2,(H,29,32)/b23-10-/t20-/m1/s1. The van der Waals surface area contributed by atoms with Crippen molar-refractivity contribution in [2.45, 2.75) is 32.0 Å². The van der Waals surface area contributed by atoms with E-state index < -0.39 is 5.91 Å². The molecule has 1 N–H and O–H groups in total. The van der Waals surface area contributed by atoms with E-state index in [1.165, 1.54) is 12.1 Å². The average molecular weight is 572 g/mol. The summed E-state index contributed by atoms with van der Waals surface area (Å²) in [5, 5.41) is 3.40. The minimum Gasteiger partial charge on any atom is -0.376 e. The highest BCUT2D eigenvalue weighted by atomic mass is 79.9. The number of imide groups is 1. The molecule has 2 aromatic carbocycles. The van der Waals surface area contributed by atoms with Crippen LogP contribution in [0.3, 0.4) is 0 Å². The zero-order valence-electron chi connectivity index (χ0n) is 19.2. The second-order valence-corrected chi connectivity index (χ2v) is 10.6. The van der Waals surface area contributed by atoms with Gasteiger partial charge >= 0.3 is 0 Å². The van der Waals surface area contributed by atoms with Crippen molar-refractivity contribution in [3.8, 4) is 0 Å². The number of amides is 3. The fourth-order valence-electron chi connectivity index (χ4n) is 4.34. The van der Waals surface area contributed by atoms with Crippen molar-refractivity contribution in [1.29, 1.82) is 0 Å². The van der Waals surface area contributed by atoms with E-state index >= 15 is 0 Å². The molecule has 0 aliphatic carbocycles. The number of nitrogens with zero attached hydrogens (tertiary/aromatic N) is 2. The Labute approximate surface area is 219 Å². The van der Waals surface area contributed by atoms with Crippen LogP contribution < -0.4 is 5.32 Å². The number of hydrogen-bond acceptors (Lipinski definition) is 5. The van der Waals surface area contributed by atoms with Gasteiger partial charge in [0.15, 0.2) is 0 Å². The van der Waals surface area contributed by atoms with Crippen LogP contribution in [-0.4, -0.2) is 45.8 Å². The Morgan fingerprint density at radius 1 is 1.22 bits per heavy atom. The van der Waals surface area contributed by atoms with E-state index in [0.717, 1.165) is 57.0 Å². The van der Waals surface area contributed by atoms with Crippen LogP contribution in [0.25, 0.3) is 17.0 Å². The fourth-order valence-corrected chi connectivity index (χ4v) is 5.53. The van der Waals surface area contributed by atoms with Crippen LogP contribution >= 0.6 is 27.7 Å². The summed E-state index contributed by atoms with van der Waals surface area (Å²) in [7, 11) is 0. The fraction of sp³-hybridized carbons (Fsp3) is 0.269. The topological polar surface area (TPSA) is 80.6 Å². The quantitative estimate of drug-likeness (QED) is 0.400. The number of ether oxygens (including phenoxy) is 1. The van der Waals surface area contributed by atoms with Crippen LogP contribution in [0.15, 0.2) is 58.0 Å². The lowest BCUT2D eigenvalue weighted by Gasteiger charge is -2.12. The van der Waals surface area contributed by atoms with Crippen LogP contribution in [0.4, 0.5) is 9.18 Å². The van der Waals surface area contributed by atoms with Gasteiger partial charge in [-0.2, -0.15) is 0 Å². The molecule has 2 saturated heterocycles. The summed E-state index contributed by atoms with van der Waals surface area (Å²) in [6.07, 6.45) is 5.52. The molecule has 1 aromatic heterocycles. The highest BCUT2D eigenvalue weighted by Gasteiger charge is 2.35. The maximum absolute atomic E-state index is 13.2. The summed E-state index contributed by atoms with van der Waals surface area (Å²) >= 11 is 4.36. The number of rotatable bonds is 7. The summed E-state index contributed by atoms with van der Waals surface area (Å²) in [5.41, 5.74) is 2.22. The Kier molecular flexibility index (Phi) is 7.27. The van der Waals surface area contributed by atoms with E-state index in [9.17, 15) is 18.8 Å². The highest BCUT2D eigenvalue weighted by molar-refractivity contribution is 9.10. The minimum atomic E-state index is -0.403. The van der Waals surface area contributed by atoms with Gasteiger partial charge in [-0.25, -0.2) is 4.39 Å². The van der Waals surface area contributed by atoms with Crippen LogP contribution in [0.2, 0.25) is 0 Å². The van der Waals surface area contributed by atoms with Crippen molar-refractivity contribution in [2.24, 2.45) is 0 Å². The zero-order chi connectivity index (χ0) is 25.2. The largest absolute Gasteiger partial charge is 0.376 e. The van der Waals surface area contributed by atoms with E-state index in [-0.39, 0.29) is 36.2 Å². The molecule has 0 radical (unpaired) electrons. The van der Waals surface area contributed by atoms with E-state index in [4.69, 9.17) is 4.74 Å². The number of halogens is 2. The molecule has 2 aliphatic rings. The van der Waals surface area contributed by atoms with Gasteiger partial charge in [-0.05, 0) is 66.6 Å². The van der Waals surface area contributed by atoms with Gasteiger partial charge in [-0.3, -0.25) is 19.3 Å². The molecule has 0 bridgehead atoms. The van der Waals surface area contributed by atoms with Crippen molar-refractivity contribution >= 4 is 61.7 Å². The molecule has 5 rings (SSSR count). The third-order valence-corrected chi connectivity index (χ3v) is 7.55. The van der Waals surface area contributed by atoms with Gasteiger partial charge in [0.2, 0.25) is 5.91 Å². The van der Waals surface area contributed by atoms with E-state index in [1.54, 1.807) is 18.2 Å². The Hall–Kier alpha value is -2.95. The van der Waals surface area contributed by atoms with E-state index in [1.807, 2.05) is 29.0 Å². The highest BCUT2D eigenvalue weighted by Crippen LogP contribution is 2.35. The number of nitrogens with one attached hydrogen (secondary N) is 1. The van der Waals surface area contributed by atoms with Crippen LogP contribution in [0.5, 0.6) is 0 Å². The molecule has 3 aromatic rings. The van der Waals surface area contributed by atoms with Crippen molar-refractivity contribution < 1.29 is 23.5 Å². The number of benzene rings is 2. The second kappa shape index (κ2) is 10.6. The van der Waals surface area contributed by atoms with E-state index in [2.05, 4.69) is 21.2 Å². The normalized spacial score (nSPS) is 19.1. The number of carbonyl (C=O) groups excluding carboxylic acids is 3. The average Bonchev–Trinajstić information content (AvgIpc) is 3.55. The van der Waals surface area contributed by atoms with Crippen molar-refractivity contribution in [3.05, 3.63) is 75.0 Å². The van der Waals surface area contributed by atoms with Gasteiger partial charge < -0.3 is 14.6 Å². The molecule has 0 unspecified atom stereocenters. The molecular weight excluding hydrogens is 549 g/mol. The first-order valence-electron chi connectivity index (χ1n) is 11.5. The molecule has 1 atom stereocenters. The van der Waals surface area contributed by atoms with Crippen LogP contribution in [-0.2, 0) is 27.4 Å². The van der Waals surface area contributed by atoms with Gasteiger partial charge in [0.05, 0.1) is 17.6 Å².